The zero-order valence-corrected chi connectivity index (χ0v) is 19.7. The molecule has 0 aliphatic carbocycles. The van der Waals surface area contributed by atoms with Crippen LogP contribution in [0, 0.1) is 23.7 Å². The van der Waals surface area contributed by atoms with Crippen molar-refractivity contribution in [1.82, 2.24) is 10.8 Å². The molecule has 9 heteroatoms. The first-order valence-corrected chi connectivity index (χ1v) is 11.2. The van der Waals surface area contributed by atoms with Crippen LogP contribution in [0.2, 0.25) is 0 Å². The molecule has 3 amide bonds. The molecule has 0 radical (unpaired) electrons. The number of benzene rings is 3. The normalized spacial score (nSPS) is 10.2. The number of nitrogens with one attached hydrogen (secondary N) is 4. The molecule has 0 aliphatic rings. The molecule has 194 valence electrons. The maximum atomic E-state index is 12.2. The van der Waals surface area contributed by atoms with Gasteiger partial charge >= 0.3 is 0 Å². The number of hydroxylamine groups is 1. The lowest BCUT2D eigenvalue weighted by Gasteiger charge is -2.14. The maximum absolute atomic E-state index is 12.2. The van der Waals surface area contributed by atoms with E-state index in [0.717, 1.165) is 11.3 Å². The Kier molecular flexibility index (Phi) is 11.6. The molecule has 3 rings (SSSR count). The first-order valence-electron chi connectivity index (χ1n) is 11.2. The molecule has 3 aromatic carbocycles. The highest BCUT2D eigenvalue weighted by Gasteiger charge is 2.19. The van der Waals surface area contributed by atoms with E-state index in [9.17, 15) is 14.4 Å². The number of hydrogen-bond acceptors (Lipinski definition) is 6. The van der Waals surface area contributed by atoms with Gasteiger partial charge in [0.25, 0.3) is 11.8 Å². The highest BCUT2D eigenvalue weighted by Crippen LogP contribution is 2.09. The lowest BCUT2D eigenvalue weighted by atomic mass is 10.1. The summed E-state index contributed by atoms with van der Waals surface area (Å²) >= 11 is 0. The van der Waals surface area contributed by atoms with E-state index in [4.69, 9.17) is 10.9 Å². The Bertz CT molecular complexity index is 1350. The van der Waals surface area contributed by atoms with Crippen molar-refractivity contribution in [1.29, 1.82) is 0 Å². The summed E-state index contributed by atoms with van der Waals surface area (Å²) in [5.74, 6) is 9.88. The zero-order chi connectivity index (χ0) is 26.5. The number of carbonyl (C=O) groups is 3. The van der Waals surface area contributed by atoms with Crippen LogP contribution in [0.5, 0.6) is 0 Å². The Labute approximate surface area is 221 Å². The van der Waals surface area contributed by atoms with Crippen LogP contribution in [-0.2, 0) is 9.59 Å². The highest BCUT2D eigenvalue weighted by atomic mass is 16.5. The van der Waals surface area contributed by atoms with E-state index < -0.39 is 17.9 Å². The number of amides is 3. The predicted octanol–water partition coefficient (Wildman–Crippen LogP) is 2.34. The third-order valence-corrected chi connectivity index (χ3v) is 4.99. The van der Waals surface area contributed by atoms with Gasteiger partial charge in [0.15, 0.2) is 0 Å². The summed E-state index contributed by atoms with van der Waals surface area (Å²) in [6.45, 7) is -0.00808. The molecule has 0 aromatic heterocycles. The van der Waals surface area contributed by atoms with Crippen LogP contribution in [0.3, 0.4) is 0 Å². The topological polar surface area (TPSA) is 146 Å². The Morgan fingerprint density at radius 2 is 1.39 bits per heavy atom. The van der Waals surface area contributed by atoms with Gasteiger partial charge in [-0.1, -0.05) is 37.5 Å². The molecule has 0 aliphatic heterocycles. The summed E-state index contributed by atoms with van der Waals surface area (Å²) in [6.07, 6.45) is 0. The van der Waals surface area contributed by atoms with Crippen molar-refractivity contribution in [3.8, 4) is 23.7 Å². The molecule has 7 N–H and O–H groups in total. The first kappa shape index (κ1) is 29.1. The van der Waals surface area contributed by atoms with Gasteiger partial charge in [0.1, 0.15) is 6.04 Å². The monoisotopic (exact) mass is 511 g/mol. The van der Waals surface area contributed by atoms with Crippen molar-refractivity contribution in [3.05, 3.63) is 95.6 Å². The summed E-state index contributed by atoms with van der Waals surface area (Å²) in [4.78, 5) is 35.8. The minimum absolute atomic E-state index is 0. The molecule has 1 atom stereocenters. The van der Waals surface area contributed by atoms with Crippen LogP contribution in [0.1, 0.15) is 28.9 Å². The van der Waals surface area contributed by atoms with E-state index in [1.165, 1.54) is 5.48 Å². The van der Waals surface area contributed by atoms with Gasteiger partial charge in [-0.3, -0.25) is 19.6 Å². The number of anilines is 2. The Morgan fingerprint density at radius 1 is 0.816 bits per heavy atom. The average molecular weight is 512 g/mol. The fourth-order valence-corrected chi connectivity index (χ4v) is 3.04. The summed E-state index contributed by atoms with van der Waals surface area (Å²) in [5, 5.41) is 17.0. The Balaban J connectivity index is 0.00000507. The van der Waals surface area contributed by atoms with Gasteiger partial charge < -0.3 is 21.7 Å². The highest BCUT2D eigenvalue weighted by molar-refractivity contribution is 5.97. The minimum atomic E-state index is -1.05. The number of rotatable bonds is 8. The average Bonchev–Trinajstić information content (AvgIpc) is 2.94. The molecule has 0 spiro atoms. The van der Waals surface area contributed by atoms with Crippen LogP contribution in [0.25, 0.3) is 0 Å². The van der Waals surface area contributed by atoms with Crippen molar-refractivity contribution >= 4 is 29.1 Å². The molecule has 0 heterocycles. The summed E-state index contributed by atoms with van der Waals surface area (Å²) < 4.78 is 0. The molecule has 3 aromatic rings. The van der Waals surface area contributed by atoms with Gasteiger partial charge in [0.2, 0.25) is 5.91 Å². The second kappa shape index (κ2) is 15.1. The maximum Gasteiger partial charge on any atom is 0.267 e. The Morgan fingerprint density at radius 3 is 1.95 bits per heavy atom. The lowest BCUT2D eigenvalue weighted by Crippen LogP contribution is -2.50. The SMILES string of the molecule is C.NC[C@H](NC(=O)c1ccc(C#CC#Cc2ccc(NC(=O)CNc3ccccc3)cc2)cc1)C(=O)NO. The van der Waals surface area contributed by atoms with Crippen molar-refractivity contribution in [3.63, 3.8) is 0 Å². The summed E-state index contributed by atoms with van der Waals surface area (Å²) in [5.41, 5.74) is 10.1. The van der Waals surface area contributed by atoms with Gasteiger partial charge in [0.05, 0.1) is 6.54 Å². The summed E-state index contributed by atoms with van der Waals surface area (Å²) in [6, 6.07) is 21.9. The van der Waals surface area contributed by atoms with Crippen LogP contribution in [0.15, 0.2) is 78.9 Å². The van der Waals surface area contributed by atoms with E-state index in [2.05, 4.69) is 39.6 Å². The smallest absolute Gasteiger partial charge is 0.267 e. The van der Waals surface area contributed by atoms with Crippen molar-refractivity contribution in [2.75, 3.05) is 23.7 Å². The fraction of sp³-hybridized carbons (Fsp3) is 0.138. The third-order valence-electron chi connectivity index (χ3n) is 4.99. The summed E-state index contributed by atoms with van der Waals surface area (Å²) in [7, 11) is 0. The molecule has 0 saturated carbocycles. The van der Waals surface area contributed by atoms with Crippen LogP contribution in [-0.4, -0.2) is 42.1 Å². The molecule has 0 bridgehead atoms. The van der Waals surface area contributed by atoms with E-state index >= 15 is 0 Å². The molecule has 0 saturated heterocycles. The molecule has 9 nitrogen and oxygen atoms in total. The predicted molar refractivity (Wildman–Crippen MR) is 147 cm³/mol. The molecular weight excluding hydrogens is 482 g/mol. The van der Waals surface area contributed by atoms with E-state index in [1.807, 2.05) is 30.3 Å². The van der Waals surface area contributed by atoms with Gasteiger partial charge in [-0.2, -0.15) is 0 Å². The second-order valence-corrected chi connectivity index (χ2v) is 7.66. The molecular formula is C29H29N5O4. The van der Waals surface area contributed by atoms with Crippen molar-refractivity contribution in [2.24, 2.45) is 5.73 Å². The van der Waals surface area contributed by atoms with E-state index in [0.29, 0.717) is 16.8 Å². The first-order chi connectivity index (χ1) is 18.0. The van der Waals surface area contributed by atoms with Gasteiger partial charge in [0, 0.05) is 34.6 Å². The second-order valence-electron chi connectivity index (χ2n) is 7.66. The van der Waals surface area contributed by atoms with E-state index in [-0.39, 0.29) is 26.4 Å². The lowest BCUT2D eigenvalue weighted by molar-refractivity contribution is -0.130. The number of carbonyl (C=O) groups excluding carboxylic acids is 3. The quantitative estimate of drug-likeness (QED) is 0.156. The van der Waals surface area contributed by atoms with Gasteiger partial charge in [-0.15, -0.1) is 0 Å². The number of hydrogen-bond donors (Lipinski definition) is 6. The molecule has 0 unspecified atom stereocenters. The molecule has 0 fully saturated rings. The largest absolute Gasteiger partial charge is 0.376 e. The number of para-hydroxylation sites is 1. The van der Waals surface area contributed by atoms with Crippen LogP contribution in [0.4, 0.5) is 11.4 Å². The Hall–Kier alpha value is -5.09. The van der Waals surface area contributed by atoms with Crippen molar-refractivity contribution in [2.45, 2.75) is 13.5 Å². The number of nitrogens with two attached hydrogens (primary N) is 1. The minimum Gasteiger partial charge on any atom is -0.376 e. The third kappa shape index (κ3) is 9.17. The van der Waals surface area contributed by atoms with Gasteiger partial charge in [-0.05, 0) is 72.5 Å². The van der Waals surface area contributed by atoms with Crippen LogP contribution < -0.4 is 27.2 Å². The van der Waals surface area contributed by atoms with Crippen molar-refractivity contribution < 1.29 is 19.6 Å². The standard InChI is InChI=1S/C28H25N5O4.CH4/c29-18-25(28(36)33-37)32-27(35)22-14-10-20(11-15-22)6-4-5-7-21-12-16-24(17-13-21)31-26(34)19-30-23-8-2-1-3-9-23;/h1-3,8-17,25,30,37H,18-19,29H2,(H,31,34)(H,32,35)(H,33,36);1H4/t25-;/m0./s1. The zero-order valence-electron chi connectivity index (χ0n) is 19.7. The van der Waals surface area contributed by atoms with Gasteiger partial charge in [-0.25, -0.2) is 5.48 Å². The van der Waals surface area contributed by atoms with Crippen LogP contribution >= 0.6 is 0 Å². The van der Waals surface area contributed by atoms with E-state index in [1.54, 1.807) is 48.5 Å². The fourth-order valence-electron chi connectivity index (χ4n) is 3.04. The molecule has 38 heavy (non-hydrogen) atoms.